The first-order valence-corrected chi connectivity index (χ1v) is 15.3. The summed E-state index contributed by atoms with van der Waals surface area (Å²) >= 11 is 0. The molecule has 0 aliphatic carbocycles. The lowest BCUT2D eigenvalue weighted by molar-refractivity contribution is -0.139. The van der Waals surface area contributed by atoms with Crippen LogP contribution in [0.1, 0.15) is 142 Å². The number of hydrogen-bond donors (Lipinski definition) is 0. The minimum atomic E-state index is -0.440. The van der Waals surface area contributed by atoms with Crippen LogP contribution in [-0.2, 0) is 23.8 Å². The molecule has 0 N–H and O–H groups in total. The Hall–Kier alpha value is -1.62. The largest absolute Gasteiger partial charge is 0.462 e. The van der Waals surface area contributed by atoms with Gasteiger partial charge in [-0.3, -0.25) is 0 Å². The molecule has 0 unspecified atom stereocenters. The number of carbonyl (C=O) groups excluding carboxylic acids is 2. The highest BCUT2D eigenvalue weighted by Crippen LogP contribution is 2.12. The molecule has 0 bridgehead atoms. The first kappa shape index (κ1) is 35.4. The van der Waals surface area contributed by atoms with E-state index >= 15 is 0 Å². The summed E-state index contributed by atoms with van der Waals surface area (Å²) in [6.07, 6.45) is 24.8. The highest BCUT2D eigenvalue weighted by Gasteiger charge is 2.12. The predicted molar refractivity (Wildman–Crippen MR) is 155 cm³/mol. The zero-order valence-corrected chi connectivity index (χ0v) is 24.4. The fraction of sp³-hybridized carbons (Fsp3) is 0.812. The minimum Gasteiger partial charge on any atom is -0.462 e. The Labute approximate surface area is 228 Å². The highest BCUT2D eigenvalue weighted by molar-refractivity contribution is 5.88. The lowest BCUT2D eigenvalue weighted by Gasteiger charge is -2.10. The first-order chi connectivity index (χ1) is 18.0. The Morgan fingerprint density at radius 2 is 0.730 bits per heavy atom. The summed E-state index contributed by atoms with van der Waals surface area (Å²) in [6.45, 7) is 12.8. The molecule has 0 saturated carbocycles. The molecule has 0 saturated heterocycles. The quantitative estimate of drug-likeness (QED) is 0.0582. The number of carbonyl (C=O) groups is 2. The third-order valence-corrected chi connectivity index (χ3v) is 6.59. The molecule has 0 aliphatic rings. The Bertz CT molecular complexity index is 534. The summed E-state index contributed by atoms with van der Waals surface area (Å²) < 4.78 is 16.0. The molecule has 0 aromatic heterocycles. The third kappa shape index (κ3) is 24.5. The molecule has 0 atom stereocenters. The normalized spacial score (nSPS) is 10.9. The zero-order valence-electron chi connectivity index (χ0n) is 24.4. The zero-order chi connectivity index (χ0) is 27.4. The molecule has 37 heavy (non-hydrogen) atoms. The molecule has 216 valence electrons. The molecular formula is C32H58O5. The topological polar surface area (TPSA) is 61.8 Å². The second-order valence-electron chi connectivity index (χ2n) is 10.3. The van der Waals surface area contributed by atoms with E-state index in [-0.39, 0.29) is 24.4 Å². The molecule has 0 aliphatic heterocycles. The van der Waals surface area contributed by atoms with E-state index in [0.29, 0.717) is 13.2 Å². The van der Waals surface area contributed by atoms with Crippen LogP contribution in [0.15, 0.2) is 24.3 Å². The number of unbranched alkanes of at least 4 members (excludes halogenated alkanes) is 18. The van der Waals surface area contributed by atoms with Gasteiger partial charge in [-0.2, -0.15) is 0 Å². The van der Waals surface area contributed by atoms with E-state index in [1.54, 1.807) is 0 Å². The molecule has 0 fully saturated rings. The van der Waals surface area contributed by atoms with Gasteiger partial charge in [0.15, 0.2) is 0 Å². The molecule has 0 aromatic carbocycles. The van der Waals surface area contributed by atoms with Gasteiger partial charge in [0.05, 0.1) is 37.6 Å². The minimum absolute atomic E-state index is 0.0155. The Morgan fingerprint density at radius 1 is 0.459 bits per heavy atom. The molecule has 0 radical (unpaired) electrons. The van der Waals surface area contributed by atoms with Gasteiger partial charge in [-0.15, -0.1) is 0 Å². The van der Waals surface area contributed by atoms with Crippen LogP contribution < -0.4 is 0 Å². The molecule has 0 heterocycles. The maximum atomic E-state index is 12.0. The van der Waals surface area contributed by atoms with E-state index in [9.17, 15) is 9.59 Å². The fourth-order valence-electron chi connectivity index (χ4n) is 4.13. The van der Waals surface area contributed by atoms with E-state index in [1.807, 2.05) is 0 Å². The van der Waals surface area contributed by atoms with Gasteiger partial charge in [-0.05, 0) is 12.8 Å². The van der Waals surface area contributed by atoms with E-state index in [1.165, 1.54) is 103 Å². The first-order valence-electron chi connectivity index (χ1n) is 15.3. The van der Waals surface area contributed by atoms with Crippen molar-refractivity contribution in [1.29, 1.82) is 0 Å². The summed E-state index contributed by atoms with van der Waals surface area (Å²) in [7, 11) is 0. The van der Waals surface area contributed by atoms with Crippen LogP contribution >= 0.6 is 0 Å². The van der Waals surface area contributed by atoms with Gasteiger partial charge in [0.25, 0.3) is 0 Å². The molecule has 5 heteroatoms. The van der Waals surface area contributed by atoms with Crippen molar-refractivity contribution in [3.8, 4) is 0 Å². The molecular weight excluding hydrogens is 464 g/mol. The fourth-order valence-corrected chi connectivity index (χ4v) is 4.13. The predicted octanol–water partition coefficient (Wildman–Crippen LogP) is 9.04. The van der Waals surface area contributed by atoms with Gasteiger partial charge in [0.1, 0.15) is 0 Å². The van der Waals surface area contributed by atoms with Crippen molar-refractivity contribution in [2.75, 3.05) is 26.4 Å². The van der Waals surface area contributed by atoms with Crippen molar-refractivity contribution in [2.24, 2.45) is 0 Å². The maximum Gasteiger partial charge on any atom is 0.335 e. The molecule has 0 rings (SSSR count). The van der Waals surface area contributed by atoms with Gasteiger partial charge in [-0.25, -0.2) is 9.59 Å². The van der Waals surface area contributed by atoms with Gasteiger partial charge in [0.2, 0.25) is 0 Å². The third-order valence-electron chi connectivity index (χ3n) is 6.59. The SMILES string of the molecule is C=C(COCC(=C)C(=O)OCCCCCCCCCCCC)C(=O)OCCCCCCCCCCCC. The summed E-state index contributed by atoms with van der Waals surface area (Å²) in [5, 5.41) is 0. The van der Waals surface area contributed by atoms with Crippen LogP contribution in [0.4, 0.5) is 0 Å². The second kappa shape index (κ2) is 27.4. The van der Waals surface area contributed by atoms with Crippen molar-refractivity contribution >= 4 is 11.9 Å². The maximum absolute atomic E-state index is 12.0. The summed E-state index contributed by atoms with van der Waals surface area (Å²) in [5.74, 6) is -0.879. The van der Waals surface area contributed by atoms with Gasteiger partial charge in [-0.1, -0.05) is 143 Å². The molecule has 0 aromatic rings. The summed E-state index contributed by atoms with van der Waals surface area (Å²) in [6, 6.07) is 0. The Kier molecular flexibility index (Phi) is 26.2. The van der Waals surface area contributed by atoms with Crippen LogP contribution in [0.5, 0.6) is 0 Å². The van der Waals surface area contributed by atoms with Crippen molar-refractivity contribution in [1.82, 2.24) is 0 Å². The van der Waals surface area contributed by atoms with E-state index in [0.717, 1.165) is 25.7 Å². The molecule has 0 amide bonds. The van der Waals surface area contributed by atoms with Crippen LogP contribution in [0.2, 0.25) is 0 Å². The van der Waals surface area contributed by atoms with Crippen LogP contribution in [-0.4, -0.2) is 38.4 Å². The monoisotopic (exact) mass is 522 g/mol. The van der Waals surface area contributed by atoms with Crippen molar-refractivity contribution in [2.45, 2.75) is 142 Å². The van der Waals surface area contributed by atoms with Crippen molar-refractivity contribution in [3.63, 3.8) is 0 Å². The van der Waals surface area contributed by atoms with E-state index in [2.05, 4.69) is 27.0 Å². The highest BCUT2D eigenvalue weighted by atomic mass is 16.5. The Morgan fingerprint density at radius 3 is 1.03 bits per heavy atom. The Balaban J connectivity index is 3.58. The number of rotatable bonds is 28. The van der Waals surface area contributed by atoms with Gasteiger partial charge >= 0.3 is 11.9 Å². The average Bonchev–Trinajstić information content (AvgIpc) is 2.89. The summed E-state index contributed by atoms with van der Waals surface area (Å²) in [5.41, 5.74) is 0.497. The number of hydrogen-bond acceptors (Lipinski definition) is 5. The standard InChI is InChI=1S/C32H58O5/c1-5-7-9-11-13-15-17-19-21-23-25-36-31(33)29(3)27-35-28-30(4)32(34)37-26-24-22-20-18-16-14-12-10-8-6-2/h3-28H2,1-2H3. The number of ether oxygens (including phenoxy) is 3. The molecule has 5 nitrogen and oxygen atoms in total. The van der Waals surface area contributed by atoms with Crippen LogP contribution in [0.3, 0.4) is 0 Å². The second-order valence-corrected chi connectivity index (χ2v) is 10.3. The van der Waals surface area contributed by atoms with Crippen LogP contribution in [0.25, 0.3) is 0 Å². The van der Waals surface area contributed by atoms with Crippen molar-refractivity contribution < 1.29 is 23.8 Å². The smallest absolute Gasteiger partial charge is 0.335 e. The van der Waals surface area contributed by atoms with Gasteiger partial charge < -0.3 is 14.2 Å². The number of esters is 2. The summed E-state index contributed by atoms with van der Waals surface area (Å²) in [4.78, 5) is 24.0. The van der Waals surface area contributed by atoms with E-state index in [4.69, 9.17) is 14.2 Å². The van der Waals surface area contributed by atoms with Crippen molar-refractivity contribution in [3.05, 3.63) is 24.3 Å². The van der Waals surface area contributed by atoms with Gasteiger partial charge in [0, 0.05) is 0 Å². The van der Waals surface area contributed by atoms with Crippen LogP contribution in [0, 0.1) is 0 Å². The lowest BCUT2D eigenvalue weighted by Crippen LogP contribution is -2.16. The van der Waals surface area contributed by atoms with E-state index < -0.39 is 11.9 Å². The molecule has 0 spiro atoms. The average molecular weight is 523 g/mol. The lowest BCUT2D eigenvalue weighted by atomic mass is 10.1.